The number of hydrazine groups is 1. The van der Waals surface area contributed by atoms with Crippen LogP contribution in [0, 0.1) is 0 Å². The van der Waals surface area contributed by atoms with Crippen LogP contribution in [0.5, 0.6) is 5.75 Å². The van der Waals surface area contributed by atoms with E-state index in [9.17, 15) is 9.59 Å². The lowest BCUT2D eigenvalue weighted by atomic mass is 10.2. The first kappa shape index (κ1) is 18.6. The van der Waals surface area contributed by atoms with Gasteiger partial charge < -0.3 is 4.74 Å². The number of pyridine rings is 1. The van der Waals surface area contributed by atoms with Crippen LogP contribution in [-0.4, -0.2) is 21.8 Å². The molecule has 4 aromatic rings. The molecule has 0 atom stereocenters. The zero-order valence-electron chi connectivity index (χ0n) is 15.2. The molecule has 2 amide bonds. The molecule has 0 radical (unpaired) electrons. The largest absolute Gasteiger partial charge is 0.487 e. The molecule has 0 bridgehead atoms. The maximum Gasteiger partial charge on any atom is 0.288 e. The topological polar surface area (TPSA) is 93.2 Å². The number of rotatable bonds is 5. The van der Waals surface area contributed by atoms with Crippen LogP contribution in [0.15, 0.2) is 71.6 Å². The van der Waals surface area contributed by atoms with Gasteiger partial charge in [-0.25, -0.2) is 9.97 Å². The summed E-state index contributed by atoms with van der Waals surface area (Å²) in [5, 5.41) is 2.85. The van der Waals surface area contributed by atoms with Crippen molar-refractivity contribution in [2.75, 3.05) is 0 Å². The second-order valence-corrected chi connectivity index (χ2v) is 6.81. The minimum atomic E-state index is -0.493. The quantitative estimate of drug-likeness (QED) is 0.498. The third-order valence-corrected chi connectivity index (χ3v) is 4.74. The third-order valence-electron chi connectivity index (χ3n) is 4.11. The van der Waals surface area contributed by atoms with Crippen molar-refractivity contribution in [1.29, 1.82) is 0 Å². The number of fused-ring (bicyclic) bond motifs is 1. The van der Waals surface area contributed by atoms with Crippen LogP contribution in [0.3, 0.4) is 0 Å². The molecule has 0 aliphatic carbocycles. The van der Waals surface area contributed by atoms with Gasteiger partial charge >= 0.3 is 0 Å². The number of carbonyl (C=O) groups is 2. The first-order valence-corrected chi connectivity index (χ1v) is 9.70. The van der Waals surface area contributed by atoms with Crippen LogP contribution in [0.2, 0.25) is 0 Å². The molecule has 144 valence electrons. The van der Waals surface area contributed by atoms with E-state index in [1.165, 1.54) is 11.3 Å². The van der Waals surface area contributed by atoms with E-state index >= 15 is 0 Å². The van der Waals surface area contributed by atoms with Crippen molar-refractivity contribution in [2.24, 2.45) is 0 Å². The van der Waals surface area contributed by atoms with Crippen molar-refractivity contribution in [1.82, 2.24) is 20.8 Å². The zero-order valence-corrected chi connectivity index (χ0v) is 16.0. The first-order chi connectivity index (χ1) is 14.2. The third kappa shape index (κ3) is 4.56. The Bertz CT molecular complexity index is 1140. The fraction of sp³-hybridized carbons (Fsp3) is 0.0476. The Balaban J connectivity index is 1.33. The van der Waals surface area contributed by atoms with Crippen molar-refractivity contribution in [3.63, 3.8) is 0 Å². The summed E-state index contributed by atoms with van der Waals surface area (Å²) in [5.41, 5.74) is 8.68. The van der Waals surface area contributed by atoms with Gasteiger partial charge in [-0.05, 0) is 36.4 Å². The number of amides is 2. The number of aromatic nitrogens is 2. The van der Waals surface area contributed by atoms with Gasteiger partial charge in [0.25, 0.3) is 11.8 Å². The van der Waals surface area contributed by atoms with Crippen molar-refractivity contribution >= 4 is 34.1 Å². The highest BCUT2D eigenvalue weighted by atomic mass is 32.1. The van der Waals surface area contributed by atoms with Gasteiger partial charge in [-0.2, -0.15) is 0 Å². The maximum atomic E-state index is 12.3. The predicted molar refractivity (Wildman–Crippen MR) is 110 cm³/mol. The van der Waals surface area contributed by atoms with E-state index in [0.717, 1.165) is 11.1 Å². The number of para-hydroxylation sites is 1. The molecule has 0 saturated heterocycles. The summed E-state index contributed by atoms with van der Waals surface area (Å²) >= 11 is 1.50. The average molecular weight is 404 g/mol. The standard InChI is InChI=1S/C21H16N4O3S/c26-20(15-5-8-17(9-6-15)28-11-16-12-29-13-22-16)24-25-21(27)19-10-7-14-3-1-2-4-18(14)23-19/h1-10,12-13H,11H2,(H,24,26)(H,25,27). The average Bonchev–Trinajstić information content (AvgIpc) is 3.29. The lowest BCUT2D eigenvalue weighted by molar-refractivity contribution is 0.0844. The summed E-state index contributed by atoms with van der Waals surface area (Å²) in [6.45, 7) is 0.365. The predicted octanol–water partition coefficient (Wildman–Crippen LogP) is 3.35. The number of nitrogens with zero attached hydrogens (tertiary/aromatic N) is 2. The first-order valence-electron chi connectivity index (χ1n) is 8.75. The summed E-state index contributed by atoms with van der Waals surface area (Å²) in [6, 6.07) is 17.5. The number of hydrogen-bond donors (Lipinski definition) is 2. The monoisotopic (exact) mass is 404 g/mol. The van der Waals surface area contributed by atoms with Crippen LogP contribution in [0.1, 0.15) is 26.5 Å². The molecule has 7 nitrogen and oxygen atoms in total. The van der Waals surface area contributed by atoms with Crippen LogP contribution in [-0.2, 0) is 6.61 Å². The van der Waals surface area contributed by atoms with Gasteiger partial charge in [0.15, 0.2) is 0 Å². The molecule has 0 spiro atoms. The van der Waals surface area contributed by atoms with Gasteiger partial charge in [-0.3, -0.25) is 20.4 Å². The number of thiazole rings is 1. The Labute approximate surface area is 170 Å². The Kier molecular flexibility index (Phi) is 5.44. The molecule has 0 aliphatic heterocycles. The lowest BCUT2D eigenvalue weighted by Gasteiger charge is -2.09. The van der Waals surface area contributed by atoms with E-state index in [2.05, 4.69) is 20.8 Å². The van der Waals surface area contributed by atoms with Crippen LogP contribution < -0.4 is 15.6 Å². The number of nitrogens with one attached hydrogen (secondary N) is 2. The molecule has 0 aliphatic rings. The molecule has 0 saturated carbocycles. The van der Waals surface area contributed by atoms with Crippen LogP contribution in [0.4, 0.5) is 0 Å². The number of ether oxygens (including phenoxy) is 1. The second-order valence-electron chi connectivity index (χ2n) is 6.09. The molecular weight excluding hydrogens is 388 g/mol. The van der Waals surface area contributed by atoms with Crippen molar-refractivity contribution in [3.05, 3.63) is 88.5 Å². The van der Waals surface area contributed by atoms with E-state index in [-0.39, 0.29) is 5.69 Å². The molecule has 2 heterocycles. The number of carbonyl (C=O) groups excluding carboxylic acids is 2. The normalized spacial score (nSPS) is 10.5. The lowest BCUT2D eigenvalue weighted by Crippen LogP contribution is -2.41. The molecule has 2 aromatic carbocycles. The molecule has 2 N–H and O–H groups in total. The fourth-order valence-corrected chi connectivity index (χ4v) is 3.15. The Morgan fingerprint density at radius 1 is 0.931 bits per heavy atom. The van der Waals surface area contributed by atoms with Gasteiger partial charge in [0, 0.05) is 16.3 Å². The molecule has 0 fully saturated rings. The van der Waals surface area contributed by atoms with E-state index < -0.39 is 11.8 Å². The molecule has 0 unspecified atom stereocenters. The smallest absolute Gasteiger partial charge is 0.288 e. The molecule has 8 heteroatoms. The highest BCUT2D eigenvalue weighted by Gasteiger charge is 2.11. The Morgan fingerprint density at radius 2 is 1.72 bits per heavy atom. The maximum absolute atomic E-state index is 12.3. The Morgan fingerprint density at radius 3 is 2.52 bits per heavy atom. The van der Waals surface area contributed by atoms with Gasteiger partial charge in [0.05, 0.1) is 16.7 Å². The van der Waals surface area contributed by atoms with Crippen LogP contribution >= 0.6 is 11.3 Å². The number of benzene rings is 2. The van der Waals surface area contributed by atoms with E-state index in [1.54, 1.807) is 35.8 Å². The van der Waals surface area contributed by atoms with Gasteiger partial charge in [0.1, 0.15) is 18.1 Å². The summed E-state index contributed by atoms with van der Waals surface area (Å²) in [5.74, 6) is -0.309. The summed E-state index contributed by atoms with van der Waals surface area (Å²) in [7, 11) is 0. The van der Waals surface area contributed by atoms with Crippen molar-refractivity contribution in [3.8, 4) is 5.75 Å². The van der Waals surface area contributed by atoms with Gasteiger partial charge in [0.2, 0.25) is 0 Å². The second kappa shape index (κ2) is 8.49. The Hall–Kier alpha value is -3.78. The summed E-state index contributed by atoms with van der Waals surface area (Å²) in [6.07, 6.45) is 0. The SMILES string of the molecule is O=C(NNC(=O)c1ccc2ccccc2n1)c1ccc(OCc2cscn2)cc1. The van der Waals surface area contributed by atoms with E-state index in [0.29, 0.717) is 23.4 Å². The van der Waals surface area contributed by atoms with Crippen LogP contribution in [0.25, 0.3) is 10.9 Å². The van der Waals surface area contributed by atoms with E-state index in [4.69, 9.17) is 4.74 Å². The fourth-order valence-electron chi connectivity index (χ4n) is 2.61. The van der Waals surface area contributed by atoms with Gasteiger partial charge in [-0.15, -0.1) is 11.3 Å². The summed E-state index contributed by atoms with van der Waals surface area (Å²) < 4.78 is 5.61. The zero-order chi connectivity index (χ0) is 20.1. The molecule has 4 rings (SSSR count). The molecular formula is C21H16N4O3S. The highest BCUT2D eigenvalue weighted by molar-refractivity contribution is 7.07. The van der Waals surface area contributed by atoms with Crippen molar-refractivity contribution < 1.29 is 14.3 Å². The summed E-state index contributed by atoms with van der Waals surface area (Å²) in [4.78, 5) is 33.0. The number of hydrogen-bond acceptors (Lipinski definition) is 6. The molecule has 2 aromatic heterocycles. The van der Waals surface area contributed by atoms with E-state index in [1.807, 2.05) is 35.7 Å². The van der Waals surface area contributed by atoms with Gasteiger partial charge in [-0.1, -0.05) is 24.3 Å². The van der Waals surface area contributed by atoms with Crippen molar-refractivity contribution in [2.45, 2.75) is 6.61 Å². The minimum absolute atomic E-state index is 0.217. The minimum Gasteiger partial charge on any atom is -0.487 e. The molecule has 29 heavy (non-hydrogen) atoms. The highest BCUT2D eigenvalue weighted by Crippen LogP contribution is 2.15.